The number of Topliss-reactive ketones (excluding diaryl/α,β-unsaturated/α-hetero) is 1. The van der Waals surface area contributed by atoms with Crippen molar-refractivity contribution < 1.29 is 14.3 Å². The monoisotopic (exact) mass is 378 g/mol. The summed E-state index contributed by atoms with van der Waals surface area (Å²) in [5.41, 5.74) is 2.03. The molecule has 0 bridgehead atoms. The van der Waals surface area contributed by atoms with Crippen molar-refractivity contribution in [2.45, 2.75) is 38.7 Å². The van der Waals surface area contributed by atoms with E-state index in [-0.39, 0.29) is 30.1 Å². The first-order chi connectivity index (χ1) is 13.7. The number of ketones is 1. The Bertz CT molecular complexity index is 818. The van der Waals surface area contributed by atoms with Crippen LogP contribution in [-0.4, -0.2) is 36.8 Å². The molecular formula is C23H26N2O3. The lowest BCUT2D eigenvalue weighted by Crippen LogP contribution is -2.35. The van der Waals surface area contributed by atoms with Crippen LogP contribution in [0.25, 0.3) is 0 Å². The number of ether oxygens (including phenoxy) is 1. The fourth-order valence-corrected chi connectivity index (χ4v) is 3.18. The van der Waals surface area contributed by atoms with Gasteiger partial charge in [-0.25, -0.2) is 4.99 Å². The molecule has 1 aliphatic heterocycles. The third kappa shape index (κ3) is 5.28. The summed E-state index contributed by atoms with van der Waals surface area (Å²) in [4.78, 5) is 31.2. The largest absolute Gasteiger partial charge is 0.470 e. The highest BCUT2D eigenvalue weighted by Gasteiger charge is 2.27. The van der Waals surface area contributed by atoms with Crippen LogP contribution in [-0.2, 0) is 20.7 Å². The topological polar surface area (TPSA) is 59.0 Å². The summed E-state index contributed by atoms with van der Waals surface area (Å²) >= 11 is 0. The number of para-hydroxylation sites is 1. The molecule has 5 nitrogen and oxygen atoms in total. The smallest absolute Gasteiger partial charge is 0.254 e. The molecule has 0 spiro atoms. The van der Waals surface area contributed by atoms with Crippen molar-refractivity contribution in [3.63, 3.8) is 0 Å². The molecule has 0 aliphatic carbocycles. The van der Waals surface area contributed by atoms with Gasteiger partial charge in [-0.05, 0) is 37.0 Å². The van der Waals surface area contributed by atoms with E-state index >= 15 is 0 Å². The maximum Gasteiger partial charge on any atom is 0.254 e. The van der Waals surface area contributed by atoms with Crippen LogP contribution in [0, 0.1) is 0 Å². The molecule has 2 aromatic carbocycles. The normalized spacial score (nSPS) is 15.6. The number of rotatable bonds is 9. The first-order valence-corrected chi connectivity index (χ1v) is 9.81. The second-order valence-corrected chi connectivity index (χ2v) is 6.86. The maximum atomic E-state index is 12.9. The maximum absolute atomic E-state index is 12.9. The Morgan fingerprint density at radius 3 is 2.39 bits per heavy atom. The van der Waals surface area contributed by atoms with Gasteiger partial charge >= 0.3 is 0 Å². The van der Waals surface area contributed by atoms with Crippen LogP contribution < -0.4 is 4.90 Å². The van der Waals surface area contributed by atoms with E-state index in [0.29, 0.717) is 13.1 Å². The van der Waals surface area contributed by atoms with Gasteiger partial charge in [0.25, 0.3) is 5.90 Å². The van der Waals surface area contributed by atoms with Crippen molar-refractivity contribution in [1.29, 1.82) is 0 Å². The van der Waals surface area contributed by atoms with E-state index in [2.05, 4.69) is 17.1 Å². The number of hydrogen-bond acceptors (Lipinski definition) is 4. The predicted molar refractivity (Wildman–Crippen MR) is 111 cm³/mol. The van der Waals surface area contributed by atoms with Crippen LogP contribution >= 0.6 is 0 Å². The van der Waals surface area contributed by atoms with Gasteiger partial charge in [-0.3, -0.25) is 9.59 Å². The zero-order valence-electron chi connectivity index (χ0n) is 16.2. The average Bonchev–Trinajstić information content (AvgIpc) is 3.22. The Kier molecular flexibility index (Phi) is 6.95. The molecule has 1 amide bonds. The van der Waals surface area contributed by atoms with Crippen molar-refractivity contribution in [3.05, 3.63) is 66.2 Å². The summed E-state index contributed by atoms with van der Waals surface area (Å²) in [7, 11) is 0. The zero-order chi connectivity index (χ0) is 19.8. The Morgan fingerprint density at radius 2 is 1.75 bits per heavy atom. The van der Waals surface area contributed by atoms with Crippen molar-refractivity contribution in [2.75, 3.05) is 18.0 Å². The van der Waals surface area contributed by atoms with Crippen molar-refractivity contribution >= 4 is 23.3 Å². The summed E-state index contributed by atoms with van der Waals surface area (Å²) in [6.45, 7) is 3.03. The molecule has 2 aromatic rings. The summed E-state index contributed by atoms with van der Waals surface area (Å²) < 4.78 is 5.53. The van der Waals surface area contributed by atoms with E-state index in [1.807, 2.05) is 55.5 Å². The van der Waals surface area contributed by atoms with Gasteiger partial charge in [-0.15, -0.1) is 0 Å². The van der Waals surface area contributed by atoms with Crippen LogP contribution in [0.3, 0.4) is 0 Å². The van der Waals surface area contributed by atoms with E-state index in [1.54, 1.807) is 4.90 Å². The fraction of sp³-hybridized carbons (Fsp3) is 0.348. The molecule has 1 aliphatic rings. The molecule has 3 rings (SSSR count). The first-order valence-electron chi connectivity index (χ1n) is 9.81. The Morgan fingerprint density at radius 1 is 1.07 bits per heavy atom. The van der Waals surface area contributed by atoms with Crippen molar-refractivity contribution in [1.82, 2.24) is 0 Å². The summed E-state index contributed by atoms with van der Waals surface area (Å²) in [6, 6.07) is 19.7. The SMILES string of the molecule is CCC1CN=C(C(=O)CC(=O)N(CCCc2ccccc2)c2ccccc2)O1. The van der Waals surface area contributed by atoms with Gasteiger partial charge in [0.2, 0.25) is 11.7 Å². The number of hydrogen-bond donors (Lipinski definition) is 0. The number of anilines is 1. The predicted octanol–water partition coefficient (Wildman–Crippen LogP) is 3.82. The molecule has 146 valence electrons. The molecule has 0 aromatic heterocycles. The second kappa shape index (κ2) is 9.83. The Labute approximate surface area is 166 Å². The van der Waals surface area contributed by atoms with Gasteiger partial charge in [0.05, 0.1) is 13.0 Å². The minimum atomic E-state index is -0.343. The van der Waals surface area contributed by atoms with Crippen LogP contribution in [0.2, 0.25) is 0 Å². The molecule has 0 saturated heterocycles. The van der Waals surface area contributed by atoms with E-state index in [9.17, 15) is 9.59 Å². The van der Waals surface area contributed by atoms with E-state index < -0.39 is 0 Å². The van der Waals surface area contributed by atoms with Gasteiger partial charge in [-0.2, -0.15) is 0 Å². The van der Waals surface area contributed by atoms with E-state index in [1.165, 1.54) is 5.56 Å². The summed E-state index contributed by atoms with van der Waals surface area (Å²) in [6.07, 6.45) is 2.21. The second-order valence-electron chi connectivity index (χ2n) is 6.86. The zero-order valence-corrected chi connectivity index (χ0v) is 16.2. The molecule has 28 heavy (non-hydrogen) atoms. The van der Waals surface area contributed by atoms with Gasteiger partial charge < -0.3 is 9.64 Å². The number of aliphatic imine (C=N–C) groups is 1. The standard InChI is InChI=1S/C23H26N2O3/c1-2-20-17-24-23(28-20)21(26)16-22(27)25(19-13-7-4-8-14-19)15-9-12-18-10-5-3-6-11-18/h3-8,10-11,13-14,20H,2,9,12,15-17H2,1H3. The van der Waals surface area contributed by atoms with Gasteiger partial charge in [-0.1, -0.05) is 55.5 Å². The Hall–Kier alpha value is -2.95. The lowest BCUT2D eigenvalue weighted by molar-refractivity contribution is -0.124. The molecule has 1 atom stereocenters. The van der Waals surface area contributed by atoms with Crippen molar-refractivity contribution in [3.8, 4) is 0 Å². The number of carbonyl (C=O) groups is 2. The lowest BCUT2D eigenvalue weighted by atomic mass is 10.1. The van der Waals surface area contributed by atoms with Gasteiger partial charge in [0.1, 0.15) is 6.10 Å². The lowest BCUT2D eigenvalue weighted by Gasteiger charge is -2.23. The summed E-state index contributed by atoms with van der Waals surface area (Å²) in [5.74, 6) is -0.474. The van der Waals surface area contributed by atoms with E-state index in [0.717, 1.165) is 24.9 Å². The fourth-order valence-electron chi connectivity index (χ4n) is 3.18. The Balaban J connectivity index is 1.63. The highest BCUT2D eigenvalue weighted by atomic mass is 16.5. The highest BCUT2D eigenvalue weighted by Crippen LogP contribution is 2.17. The van der Waals surface area contributed by atoms with Crippen LogP contribution in [0.4, 0.5) is 5.69 Å². The first kappa shape index (κ1) is 19.8. The molecule has 1 heterocycles. The van der Waals surface area contributed by atoms with E-state index in [4.69, 9.17) is 4.74 Å². The molecule has 0 radical (unpaired) electrons. The molecule has 1 unspecified atom stereocenters. The summed E-state index contributed by atoms with van der Waals surface area (Å²) in [5, 5.41) is 0. The third-order valence-electron chi connectivity index (χ3n) is 4.78. The van der Waals surface area contributed by atoms with Crippen LogP contribution in [0.15, 0.2) is 65.7 Å². The number of aryl methyl sites for hydroxylation is 1. The molecule has 0 fully saturated rings. The van der Waals surface area contributed by atoms with Gasteiger partial charge in [0, 0.05) is 12.2 Å². The molecule has 0 N–H and O–H groups in total. The molecule has 0 saturated carbocycles. The number of benzene rings is 2. The minimum Gasteiger partial charge on any atom is -0.470 e. The van der Waals surface area contributed by atoms with Crippen molar-refractivity contribution in [2.24, 2.45) is 4.99 Å². The number of nitrogens with zero attached hydrogens (tertiary/aromatic N) is 2. The highest BCUT2D eigenvalue weighted by molar-refractivity contribution is 6.40. The third-order valence-corrected chi connectivity index (χ3v) is 4.78. The van der Waals surface area contributed by atoms with Crippen LogP contribution in [0.5, 0.6) is 0 Å². The quantitative estimate of drug-likeness (QED) is 0.623. The van der Waals surface area contributed by atoms with Gasteiger partial charge in [0.15, 0.2) is 0 Å². The molecule has 5 heteroatoms. The molecular weight excluding hydrogens is 352 g/mol. The number of amides is 1. The number of carbonyl (C=O) groups excluding carboxylic acids is 2. The minimum absolute atomic E-state index is 0.0508. The average molecular weight is 378 g/mol. The van der Waals surface area contributed by atoms with Crippen LogP contribution in [0.1, 0.15) is 31.7 Å².